The van der Waals surface area contributed by atoms with E-state index in [1.165, 1.54) is 12.0 Å². The molecule has 2 aliphatic rings. The molecule has 0 radical (unpaired) electrons. The summed E-state index contributed by atoms with van der Waals surface area (Å²) in [6.07, 6.45) is 2.84. The molecule has 2 heterocycles. The van der Waals surface area contributed by atoms with Gasteiger partial charge in [-0.05, 0) is 37.1 Å². The minimum atomic E-state index is 0.0393. The summed E-state index contributed by atoms with van der Waals surface area (Å²) in [6, 6.07) is 8.63. The van der Waals surface area contributed by atoms with Gasteiger partial charge in [0, 0.05) is 23.0 Å². The van der Waals surface area contributed by atoms with E-state index in [1.54, 1.807) is 0 Å². The predicted octanol–water partition coefficient (Wildman–Crippen LogP) is 1.68. The zero-order valence-electron chi connectivity index (χ0n) is 10.7. The predicted molar refractivity (Wildman–Crippen MR) is 77.6 cm³/mol. The molecule has 1 aromatic carbocycles. The highest BCUT2D eigenvalue weighted by Gasteiger charge is 2.33. The molecule has 19 heavy (non-hydrogen) atoms. The molecule has 2 fully saturated rings. The van der Waals surface area contributed by atoms with Crippen molar-refractivity contribution in [2.75, 3.05) is 6.54 Å². The van der Waals surface area contributed by atoms with E-state index >= 15 is 0 Å². The Bertz CT molecular complexity index is 456. The zero-order chi connectivity index (χ0) is 13.2. The first kappa shape index (κ1) is 13.1. The van der Waals surface area contributed by atoms with Gasteiger partial charge < -0.3 is 10.6 Å². The van der Waals surface area contributed by atoms with Gasteiger partial charge in [-0.3, -0.25) is 10.1 Å². The summed E-state index contributed by atoms with van der Waals surface area (Å²) in [5.74, 6) is 0.130. The number of carbonyl (C=O) groups is 1. The van der Waals surface area contributed by atoms with Crippen molar-refractivity contribution in [1.82, 2.24) is 16.0 Å². The monoisotopic (exact) mass is 323 g/mol. The Kier molecular flexibility index (Phi) is 3.86. The fourth-order valence-electron chi connectivity index (χ4n) is 2.86. The van der Waals surface area contributed by atoms with Crippen molar-refractivity contribution in [3.05, 3.63) is 34.3 Å². The van der Waals surface area contributed by atoms with Gasteiger partial charge in [-0.15, -0.1) is 0 Å². The van der Waals surface area contributed by atoms with Gasteiger partial charge in [0.05, 0.1) is 6.17 Å². The molecule has 0 spiro atoms. The number of rotatable bonds is 2. The Balaban J connectivity index is 1.74. The van der Waals surface area contributed by atoms with Crippen molar-refractivity contribution < 1.29 is 4.79 Å². The Morgan fingerprint density at radius 1 is 1.21 bits per heavy atom. The van der Waals surface area contributed by atoms with Crippen molar-refractivity contribution in [2.45, 2.75) is 37.5 Å². The number of hydrogen-bond acceptors (Lipinski definition) is 3. The van der Waals surface area contributed by atoms with Crippen LogP contribution < -0.4 is 16.0 Å². The van der Waals surface area contributed by atoms with Gasteiger partial charge in [0.2, 0.25) is 5.91 Å². The highest BCUT2D eigenvalue weighted by molar-refractivity contribution is 9.10. The Hall–Kier alpha value is -0.910. The van der Waals surface area contributed by atoms with Gasteiger partial charge in [-0.2, -0.15) is 0 Å². The average molecular weight is 324 g/mol. The van der Waals surface area contributed by atoms with Crippen molar-refractivity contribution in [2.24, 2.45) is 0 Å². The van der Waals surface area contributed by atoms with E-state index in [4.69, 9.17) is 0 Å². The third-order valence-electron chi connectivity index (χ3n) is 3.86. The molecule has 1 aromatic rings. The molecule has 4 nitrogen and oxygen atoms in total. The third kappa shape index (κ3) is 2.99. The summed E-state index contributed by atoms with van der Waals surface area (Å²) in [6.45, 7) is 1.04. The van der Waals surface area contributed by atoms with Crippen molar-refractivity contribution >= 4 is 21.8 Å². The summed E-state index contributed by atoms with van der Waals surface area (Å²) in [4.78, 5) is 11.9. The second kappa shape index (κ2) is 5.61. The maximum atomic E-state index is 11.9. The van der Waals surface area contributed by atoms with E-state index < -0.39 is 0 Å². The largest absolute Gasteiger partial charge is 0.339 e. The number of carbonyl (C=O) groups excluding carboxylic acids is 1. The van der Waals surface area contributed by atoms with E-state index in [0.29, 0.717) is 12.5 Å². The van der Waals surface area contributed by atoms with Crippen LogP contribution in [0.5, 0.6) is 0 Å². The molecule has 3 atom stereocenters. The molecule has 2 aliphatic heterocycles. The lowest BCUT2D eigenvalue weighted by molar-refractivity contribution is -0.124. The summed E-state index contributed by atoms with van der Waals surface area (Å²) < 4.78 is 1.06. The molecule has 0 saturated carbocycles. The van der Waals surface area contributed by atoms with Crippen LogP contribution in [0.1, 0.15) is 30.9 Å². The molecule has 2 unspecified atom stereocenters. The maximum Gasteiger partial charge on any atom is 0.223 e. The van der Waals surface area contributed by atoms with E-state index in [1.807, 2.05) is 12.1 Å². The lowest BCUT2D eigenvalue weighted by atomic mass is 9.99. The van der Waals surface area contributed by atoms with Crippen LogP contribution in [0.25, 0.3) is 0 Å². The van der Waals surface area contributed by atoms with Crippen molar-refractivity contribution in [3.8, 4) is 0 Å². The highest BCUT2D eigenvalue weighted by atomic mass is 79.9. The average Bonchev–Trinajstić information content (AvgIpc) is 2.93. The van der Waals surface area contributed by atoms with Gasteiger partial charge in [0.15, 0.2) is 0 Å². The smallest absolute Gasteiger partial charge is 0.223 e. The summed E-state index contributed by atoms with van der Waals surface area (Å²) in [5.41, 5.74) is 1.17. The van der Waals surface area contributed by atoms with Gasteiger partial charge in [-0.1, -0.05) is 28.1 Å². The van der Waals surface area contributed by atoms with Crippen molar-refractivity contribution in [1.29, 1.82) is 0 Å². The van der Waals surface area contributed by atoms with Gasteiger partial charge in [0.25, 0.3) is 0 Å². The van der Waals surface area contributed by atoms with Crippen molar-refractivity contribution in [3.63, 3.8) is 0 Å². The minimum Gasteiger partial charge on any atom is -0.339 e. The van der Waals surface area contributed by atoms with Crippen LogP contribution in [0.3, 0.4) is 0 Å². The number of nitrogens with one attached hydrogen (secondary N) is 3. The lowest BCUT2D eigenvalue weighted by Crippen LogP contribution is -2.60. The van der Waals surface area contributed by atoms with E-state index in [0.717, 1.165) is 17.4 Å². The molecule has 1 amide bonds. The van der Waals surface area contributed by atoms with Gasteiger partial charge in [0.1, 0.15) is 0 Å². The van der Waals surface area contributed by atoms with Crippen LogP contribution >= 0.6 is 15.9 Å². The van der Waals surface area contributed by atoms with Gasteiger partial charge in [-0.25, -0.2) is 0 Å². The van der Waals surface area contributed by atoms with Gasteiger partial charge >= 0.3 is 0 Å². The Morgan fingerprint density at radius 3 is 2.68 bits per heavy atom. The number of amides is 1. The fraction of sp³-hybridized carbons (Fsp3) is 0.500. The highest BCUT2D eigenvalue weighted by Crippen LogP contribution is 2.23. The van der Waals surface area contributed by atoms with Crippen LogP contribution in [0.2, 0.25) is 0 Å². The van der Waals surface area contributed by atoms with E-state index in [2.05, 4.69) is 44.0 Å². The van der Waals surface area contributed by atoms with Crippen LogP contribution in [0.15, 0.2) is 28.7 Å². The molecule has 0 aliphatic carbocycles. The third-order valence-corrected chi connectivity index (χ3v) is 4.39. The molecule has 5 heteroatoms. The molecule has 102 valence electrons. The number of halogens is 1. The van der Waals surface area contributed by atoms with E-state index in [-0.39, 0.29) is 18.1 Å². The van der Waals surface area contributed by atoms with E-state index in [9.17, 15) is 4.79 Å². The first-order valence-electron chi connectivity index (χ1n) is 6.76. The molecule has 0 aromatic heterocycles. The van der Waals surface area contributed by atoms with Crippen LogP contribution in [0.4, 0.5) is 0 Å². The van der Waals surface area contributed by atoms with Crippen LogP contribution in [0, 0.1) is 0 Å². The Morgan fingerprint density at radius 2 is 2.00 bits per heavy atom. The van der Waals surface area contributed by atoms with Crippen LogP contribution in [-0.2, 0) is 4.79 Å². The lowest BCUT2D eigenvalue weighted by Gasteiger charge is -2.35. The topological polar surface area (TPSA) is 53.2 Å². The first-order valence-corrected chi connectivity index (χ1v) is 7.56. The summed E-state index contributed by atoms with van der Waals surface area (Å²) in [7, 11) is 0. The standard InChI is InChI=1S/C14H18BrN3O/c15-10-5-3-9(4-6-10)12-8-13(19)18-14(17-12)11-2-1-7-16-11/h3-6,11-12,14,16-17H,1-2,7-8H2,(H,18,19)/t11-,12?,14?/m0/s1. The molecule has 3 rings (SSSR count). The second-order valence-corrected chi connectivity index (χ2v) is 6.14. The summed E-state index contributed by atoms with van der Waals surface area (Å²) >= 11 is 3.44. The second-order valence-electron chi connectivity index (χ2n) is 5.22. The molecule has 2 saturated heterocycles. The normalized spacial score (nSPS) is 31.2. The first-order chi connectivity index (χ1) is 9.22. The fourth-order valence-corrected chi connectivity index (χ4v) is 3.12. The maximum absolute atomic E-state index is 11.9. The number of hydrogen-bond donors (Lipinski definition) is 3. The number of benzene rings is 1. The zero-order valence-corrected chi connectivity index (χ0v) is 12.2. The SMILES string of the molecule is O=C1CC(c2ccc(Br)cc2)NC([C@@H]2CCCN2)N1. The summed E-state index contributed by atoms with van der Waals surface area (Å²) in [5, 5.41) is 10.0. The molecular weight excluding hydrogens is 306 g/mol. The molecule has 0 bridgehead atoms. The minimum absolute atomic E-state index is 0.0393. The quantitative estimate of drug-likeness (QED) is 0.776. The Labute approximate surface area is 121 Å². The molecular formula is C14H18BrN3O. The molecule has 3 N–H and O–H groups in total. The van der Waals surface area contributed by atoms with Crippen LogP contribution in [-0.4, -0.2) is 24.7 Å².